The van der Waals surface area contributed by atoms with E-state index in [0.29, 0.717) is 11.6 Å². The minimum atomic E-state index is -0.263. The van der Waals surface area contributed by atoms with Crippen LogP contribution >= 0.6 is 11.6 Å². The van der Waals surface area contributed by atoms with Crippen LogP contribution in [0.25, 0.3) is 0 Å². The van der Waals surface area contributed by atoms with Crippen LogP contribution < -0.4 is 5.32 Å². The van der Waals surface area contributed by atoms with Gasteiger partial charge in [0.25, 0.3) is 0 Å². The molecule has 0 unspecified atom stereocenters. The predicted octanol–water partition coefficient (Wildman–Crippen LogP) is 3.37. The highest BCUT2D eigenvalue weighted by Gasteiger charge is 2.19. The van der Waals surface area contributed by atoms with Gasteiger partial charge in [-0.3, -0.25) is 0 Å². The van der Waals surface area contributed by atoms with Crippen molar-refractivity contribution in [2.45, 2.75) is 25.8 Å². The quantitative estimate of drug-likeness (QED) is 0.761. The fourth-order valence-electron chi connectivity index (χ4n) is 1.66. The molecule has 2 rings (SSSR count). The standard InChI is InChI=1S/C12H15ClFN/c13-11-5-10(6-12(14)7-11)8-15-4-3-9-1-2-9/h5-7,9,15H,1-4,8H2. The van der Waals surface area contributed by atoms with E-state index in [-0.39, 0.29) is 5.82 Å². The molecule has 1 saturated carbocycles. The number of halogens is 2. The van der Waals surface area contributed by atoms with E-state index in [2.05, 4.69) is 5.32 Å². The Morgan fingerprint density at radius 2 is 2.13 bits per heavy atom. The third-order valence-electron chi connectivity index (χ3n) is 2.68. The summed E-state index contributed by atoms with van der Waals surface area (Å²) in [6.45, 7) is 1.71. The molecule has 0 spiro atoms. The zero-order chi connectivity index (χ0) is 10.7. The molecule has 1 nitrogen and oxygen atoms in total. The molecule has 1 fully saturated rings. The minimum absolute atomic E-state index is 0.263. The molecular formula is C12H15ClFN. The van der Waals surface area contributed by atoms with Crippen molar-refractivity contribution in [3.8, 4) is 0 Å². The summed E-state index contributed by atoms with van der Waals surface area (Å²) in [5, 5.41) is 3.77. The highest BCUT2D eigenvalue weighted by molar-refractivity contribution is 6.30. The van der Waals surface area contributed by atoms with Gasteiger partial charge in [-0.1, -0.05) is 24.4 Å². The Hall–Kier alpha value is -0.600. The molecule has 0 heterocycles. The maximum absolute atomic E-state index is 13.0. The molecule has 1 aliphatic carbocycles. The van der Waals surface area contributed by atoms with Gasteiger partial charge in [-0.15, -0.1) is 0 Å². The van der Waals surface area contributed by atoms with Crippen LogP contribution in [-0.4, -0.2) is 6.54 Å². The van der Waals surface area contributed by atoms with Gasteiger partial charge in [0, 0.05) is 11.6 Å². The average molecular weight is 228 g/mol. The first-order valence-corrected chi connectivity index (χ1v) is 5.77. The summed E-state index contributed by atoms with van der Waals surface area (Å²) in [7, 11) is 0. The van der Waals surface area contributed by atoms with Crippen molar-refractivity contribution in [2.24, 2.45) is 5.92 Å². The van der Waals surface area contributed by atoms with Crippen LogP contribution in [0.3, 0.4) is 0 Å². The second-order valence-corrected chi connectivity index (χ2v) is 4.62. The van der Waals surface area contributed by atoms with Gasteiger partial charge in [-0.05, 0) is 42.6 Å². The Morgan fingerprint density at radius 1 is 1.33 bits per heavy atom. The first-order valence-electron chi connectivity index (χ1n) is 5.40. The van der Waals surface area contributed by atoms with Crippen LogP contribution in [0.1, 0.15) is 24.8 Å². The summed E-state index contributed by atoms with van der Waals surface area (Å²) < 4.78 is 13.0. The number of hydrogen-bond donors (Lipinski definition) is 1. The molecule has 0 amide bonds. The van der Waals surface area contributed by atoms with E-state index in [4.69, 9.17) is 11.6 Å². The predicted molar refractivity (Wildman–Crippen MR) is 60.5 cm³/mol. The van der Waals surface area contributed by atoms with E-state index in [9.17, 15) is 4.39 Å². The van der Waals surface area contributed by atoms with Crippen LogP contribution in [0, 0.1) is 11.7 Å². The van der Waals surface area contributed by atoms with E-state index < -0.39 is 0 Å². The normalized spacial score (nSPS) is 15.6. The number of nitrogens with one attached hydrogen (secondary N) is 1. The third-order valence-corrected chi connectivity index (χ3v) is 2.90. The van der Waals surface area contributed by atoms with Gasteiger partial charge in [-0.25, -0.2) is 4.39 Å². The molecule has 0 bridgehead atoms. The Balaban J connectivity index is 1.76. The molecule has 3 heteroatoms. The topological polar surface area (TPSA) is 12.0 Å². The number of benzene rings is 1. The largest absolute Gasteiger partial charge is 0.313 e. The van der Waals surface area contributed by atoms with E-state index in [1.165, 1.54) is 31.4 Å². The molecule has 1 N–H and O–H groups in total. The lowest BCUT2D eigenvalue weighted by Crippen LogP contribution is -2.15. The second-order valence-electron chi connectivity index (χ2n) is 4.19. The molecule has 0 saturated heterocycles. The summed E-state index contributed by atoms with van der Waals surface area (Å²) in [6, 6.07) is 4.65. The van der Waals surface area contributed by atoms with E-state index in [1.54, 1.807) is 6.07 Å². The second kappa shape index (κ2) is 4.95. The lowest BCUT2D eigenvalue weighted by Gasteiger charge is -2.05. The first-order chi connectivity index (χ1) is 7.24. The molecule has 0 aliphatic heterocycles. The zero-order valence-corrected chi connectivity index (χ0v) is 9.36. The lowest BCUT2D eigenvalue weighted by atomic mass is 10.2. The smallest absolute Gasteiger partial charge is 0.125 e. The molecular weight excluding hydrogens is 213 g/mol. The minimum Gasteiger partial charge on any atom is -0.313 e. The molecule has 1 aliphatic rings. The maximum Gasteiger partial charge on any atom is 0.125 e. The Labute approximate surface area is 94.6 Å². The summed E-state index contributed by atoms with van der Waals surface area (Å²) in [5.41, 5.74) is 0.913. The van der Waals surface area contributed by atoms with Gasteiger partial charge >= 0.3 is 0 Å². The molecule has 0 aromatic heterocycles. The molecule has 15 heavy (non-hydrogen) atoms. The van der Waals surface area contributed by atoms with Crippen molar-refractivity contribution in [1.29, 1.82) is 0 Å². The molecule has 1 aromatic carbocycles. The van der Waals surface area contributed by atoms with Crippen molar-refractivity contribution >= 4 is 11.6 Å². The number of rotatable bonds is 5. The summed E-state index contributed by atoms with van der Waals surface area (Å²) in [6.07, 6.45) is 4.00. The van der Waals surface area contributed by atoms with Crippen molar-refractivity contribution in [3.05, 3.63) is 34.6 Å². The zero-order valence-electron chi connectivity index (χ0n) is 8.60. The fraction of sp³-hybridized carbons (Fsp3) is 0.500. The maximum atomic E-state index is 13.0. The monoisotopic (exact) mass is 227 g/mol. The summed E-state index contributed by atoms with van der Waals surface area (Å²) >= 11 is 5.76. The lowest BCUT2D eigenvalue weighted by molar-refractivity contribution is 0.602. The first kappa shape index (κ1) is 10.9. The Morgan fingerprint density at radius 3 is 2.80 bits per heavy atom. The van der Waals surface area contributed by atoms with Gasteiger partial charge < -0.3 is 5.32 Å². The van der Waals surface area contributed by atoms with Gasteiger partial charge in [0.2, 0.25) is 0 Å². The van der Waals surface area contributed by atoms with Gasteiger partial charge in [0.1, 0.15) is 5.82 Å². The fourth-order valence-corrected chi connectivity index (χ4v) is 1.90. The molecule has 0 atom stereocenters. The highest BCUT2D eigenvalue weighted by Crippen LogP contribution is 2.31. The van der Waals surface area contributed by atoms with E-state index in [1.807, 2.05) is 0 Å². The Kier molecular flexibility index (Phi) is 3.60. The third kappa shape index (κ3) is 3.80. The van der Waals surface area contributed by atoms with Gasteiger partial charge in [0.15, 0.2) is 0 Å². The van der Waals surface area contributed by atoms with Gasteiger partial charge in [0.05, 0.1) is 0 Å². The summed E-state index contributed by atoms with van der Waals surface area (Å²) in [5.74, 6) is 0.676. The molecule has 1 aromatic rings. The van der Waals surface area contributed by atoms with Crippen molar-refractivity contribution in [1.82, 2.24) is 5.32 Å². The highest BCUT2D eigenvalue weighted by atomic mass is 35.5. The van der Waals surface area contributed by atoms with Crippen LogP contribution in [-0.2, 0) is 6.54 Å². The van der Waals surface area contributed by atoms with Crippen LogP contribution in [0.4, 0.5) is 4.39 Å². The Bertz CT molecular complexity index is 316. The number of hydrogen-bond acceptors (Lipinski definition) is 1. The van der Waals surface area contributed by atoms with E-state index in [0.717, 1.165) is 18.0 Å². The molecule has 0 radical (unpaired) electrons. The molecule has 82 valence electrons. The summed E-state index contributed by atoms with van der Waals surface area (Å²) in [4.78, 5) is 0. The SMILES string of the molecule is Fc1cc(Cl)cc(CNCCC2CC2)c1. The van der Waals surface area contributed by atoms with Crippen LogP contribution in [0.15, 0.2) is 18.2 Å². The van der Waals surface area contributed by atoms with Crippen molar-refractivity contribution in [3.63, 3.8) is 0 Å². The van der Waals surface area contributed by atoms with E-state index >= 15 is 0 Å². The van der Waals surface area contributed by atoms with Crippen molar-refractivity contribution in [2.75, 3.05) is 6.54 Å². The van der Waals surface area contributed by atoms with Crippen molar-refractivity contribution < 1.29 is 4.39 Å². The van der Waals surface area contributed by atoms with Crippen LogP contribution in [0.5, 0.6) is 0 Å². The van der Waals surface area contributed by atoms with Gasteiger partial charge in [-0.2, -0.15) is 0 Å². The average Bonchev–Trinajstić information content (AvgIpc) is 2.94. The van der Waals surface area contributed by atoms with Crippen LogP contribution in [0.2, 0.25) is 5.02 Å².